The lowest BCUT2D eigenvalue weighted by atomic mass is 9.87. The van der Waals surface area contributed by atoms with Gasteiger partial charge >= 0.3 is 0 Å². The van der Waals surface area contributed by atoms with Crippen molar-refractivity contribution in [2.75, 3.05) is 6.61 Å². The van der Waals surface area contributed by atoms with Gasteiger partial charge in [0.2, 0.25) is 0 Å². The largest absolute Gasteiger partial charge is 0.395 e. The van der Waals surface area contributed by atoms with Crippen LogP contribution in [0.4, 0.5) is 0 Å². The van der Waals surface area contributed by atoms with Crippen LogP contribution in [0.3, 0.4) is 0 Å². The Morgan fingerprint density at radius 2 is 1.94 bits per heavy atom. The smallest absolute Gasteiger partial charge is 0.0688 e. The molecule has 1 heterocycles. The van der Waals surface area contributed by atoms with Gasteiger partial charge in [-0.25, -0.2) is 0 Å². The second kappa shape index (κ2) is 3.69. The highest BCUT2D eigenvalue weighted by Crippen LogP contribution is 2.65. The molecule has 0 spiro atoms. The summed E-state index contributed by atoms with van der Waals surface area (Å²) in [7, 11) is 0. The molecule has 3 rings (SSSR count). The number of aliphatic hydroxyl groups excluding tert-OH is 1. The summed E-state index contributed by atoms with van der Waals surface area (Å²) in [6, 6.07) is 10.2. The maximum Gasteiger partial charge on any atom is 0.0688 e. The van der Waals surface area contributed by atoms with Crippen molar-refractivity contribution in [2.24, 2.45) is 5.41 Å². The number of rotatable bonds is 3. The molecule has 0 radical (unpaired) electrons. The molecular weight excluding hydrogens is 224 g/mol. The quantitative estimate of drug-likeness (QED) is 0.869. The van der Waals surface area contributed by atoms with E-state index in [4.69, 9.17) is 0 Å². The zero-order valence-corrected chi connectivity index (χ0v) is 10.8. The van der Waals surface area contributed by atoms with Gasteiger partial charge in [-0.2, -0.15) is 5.10 Å². The monoisotopic (exact) mass is 242 g/mol. The molecule has 1 aromatic carbocycles. The molecule has 3 heteroatoms. The number of nitrogens with zero attached hydrogens (tertiary/aromatic N) is 1. The summed E-state index contributed by atoms with van der Waals surface area (Å²) in [5.41, 5.74) is 3.32. The van der Waals surface area contributed by atoms with Gasteiger partial charge in [0.05, 0.1) is 18.5 Å². The lowest BCUT2D eigenvalue weighted by Crippen LogP contribution is -2.19. The highest BCUT2D eigenvalue weighted by molar-refractivity contribution is 5.66. The summed E-state index contributed by atoms with van der Waals surface area (Å²) in [6.07, 6.45) is 2.88. The Labute approximate surface area is 107 Å². The number of nitrogens with one attached hydrogen (secondary N) is 1. The van der Waals surface area contributed by atoms with E-state index >= 15 is 0 Å². The van der Waals surface area contributed by atoms with E-state index < -0.39 is 0 Å². The minimum atomic E-state index is -0.134. The van der Waals surface area contributed by atoms with Crippen LogP contribution in [0.1, 0.15) is 25.8 Å². The molecule has 0 aliphatic heterocycles. The Bertz CT molecular complexity index is 559. The lowest BCUT2D eigenvalue weighted by molar-refractivity contribution is 0.231. The maximum absolute atomic E-state index is 9.79. The van der Waals surface area contributed by atoms with Gasteiger partial charge in [0.15, 0.2) is 0 Å². The van der Waals surface area contributed by atoms with Crippen molar-refractivity contribution >= 4 is 0 Å². The third-order valence-electron chi connectivity index (χ3n) is 4.40. The summed E-state index contributed by atoms with van der Waals surface area (Å²) < 4.78 is 0. The van der Waals surface area contributed by atoms with Crippen molar-refractivity contribution in [2.45, 2.75) is 25.7 Å². The van der Waals surface area contributed by atoms with Crippen LogP contribution < -0.4 is 0 Å². The Morgan fingerprint density at radius 1 is 1.28 bits per heavy atom. The fourth-order valence-electron chi connectivity index (χ4n) is 3.00. The molecule has 0 bridgehead atoms. The first-order valence-corrected chi connectivity index (χ1v) is 6.31. The van der Waals surface area contributed by atoms with Gasteiger partial charge in [-0.3, -0.25) is 5.10 Å². The van der Waals surface area contributed by atoms with Crippen molar-refractivity contribution in [3.05, 3.63) is 42.1 Å². The Kier molecular flexibility index (Phi) is 2.35. The molecule has 0 saturated heterocycles. The van der Waals surface area contributed by atoms with E-state index in [-0.39, 0.29) is 17.4 Å². The van der Waals surface area contributed by atoms with Crippen molar-refractivity contribution in [1.82, 2.24) is 10.2 Å². The van der Waals surface area contributed by atoms with Gasteiger partial charge in [-0.15, -0.1) is 0 Å². The third kappa shape index (κ3) is 1.44. The molecule has 1 saturated carbocycles. The summed E-state index contributed by atoms with van der Waals surface area (Å²) in [4.78, 5) is 0. The number of aliphatic hydroxyl groups is 1. The van der Waals surface area contributed by atoms with E-state index in [2.05, 4.69) is 36.2 Å². The molecular formula is C15H18N2O. The number of benzene rings is 1. The molecule has 1 aromatic heterocycles. The van der Waals surface area contributed by atoms with E-state index in [1.54, 1.807) is 0 Å². The van der Waals surface area contributed by atoms with Crippen molar-refractivity contribution in [1.29, 1.82) is 0 Å². The van der Waals surface area contributed by atoms with Crippen LogP contribution in [0, 0.1) is 5.41 Å². The normalized spacial score (nSPS) is 25.1. The summed E-state index contributed by atoms with van der Waals surface area (Å²) in [6.45, 7) is 4.58. The van der Waals surface area contributed by atoms with Crippen molar-refractivity contribution in [3.63, 3.8) is 0 Å². The Morgan fingerprint density at radius 3 is 2.50 bits per heavy atom. The maximum atomic E-state index is 9.79. The van der Waals surface area contributed by atoms with Gasteiger partial charge in [0.25, 0.3) is 0 Å². The predicted molar refractivity (Wildman–Crippen MR) is 71.2 cm³/mol. The van der Waals surface area contributed by atoms with Crippen LogP contribution in [0.25, 0.3) is 11.3 Å². The molecule has 1 aliphatic carbocycles. The van der Waals surface area contributed by atoms with E-state index in [1.807, 2.05) is 24.4 Å². The fourth-order valence-corrected chi connectivity index (χ4v) is 3.00. The highest BCUT2D eigenvalue weighted by atomic mass is 16.3. The van der Waals surface area contributed by atoms with Crippen LogP contribution in [-0.2, 0) is 5.41 Å². The number of hydrogen-bond donors (Lipinski definition) is 2. The summed E-state index contributed by atoms with van der Waals surface area (Å²) >= 11 is 0. The van der Waals surface area contributed by atoms with Gasteiger partial charge < -0.3 is 5.11 Å². The minimum Gasteiger partial charge on any atom is -0.395 e. The van der Waals surface area contributed by atoms with Crippen LogP contribution >= 0.6 is 0 Å². The first-order chi connectivity index (χ1) is 8.61. The number of aromatic amines is 1. The number of H-pyrrole nitrogens is 1. The van der Waals surface area contributed by atoms with Gasteiger partial charge in [0, 0.05) is 11.0 Å². The molecule has 2 N–H and O–H groups in total. The topological polar surface area (TPSA) is 48.9 Å². The third-order valence-corrected chi connectivity index (χ3v) is 4.40. The molecule has 1 fully saturated rings. The average Bonchev–Trinajstić information content (AvgIpc) is 2.78. The molecule has 0 amide bonds. The SMILES string of the molecule is CC1(C)CC1(CO)c1cn[nH]c1-c1ccccc1. The van der Waals surface area contributed by atoms with Crippen LogP contribution in [0.2, 0.25) is 0 Å². The molecule has 18 heavy (non-hydrogen) atoms. The predicted octanol–water partition coefficient (Wildman–Crippen LogP) is 2.74. The Hall–Kier alpha value is -1.61. The van der Waals surface area contributed by atoms with E-state index in [1.165, 1.54) is 0 Å². The van der Waals surface area contributed by atoms with Crippen molar-refractivity contribution < 1.29 is 5.11 Å². The van der Waals surface area contributed by atoms with Crippen LogP contribution in [-0.4, -0.2) is 21.9 Å². The zero-order valence-electron chi connectivity index (χ0n) is 10.8. The van der Waals surface area contributed by atoms with Crippen molar-refractivity contribution in [3.8, 4) is 11.3 Å². The number of aromatic nitrogens is 2. The fraction of sp³-hybridized carbons (Fsp3) is 0.400. The lowest BCUT2D eigenvalue weighted by Gasteiger charge is -2.18. The molecule has 3 nitrogen and oxygen atoms in total. The van der Waals surface area contributed by atoms with E-state index in [9.17, 15) is 5.11 Å². The average molecular weight is 242 g/mol. The molecule has 1 aliphatic rings. The molecule has 2 aromatic rings. The zero-order chi connectivity index (χ0) is 12.8. The van der Waals surface area contributed by atoms with Gasteiger partial charge in [-0.05, 0) is 17.4 Å². The standard InChI is InChI=1S/C15H18N2O/c1-14(2)9-15(14,10-18)12-8-16-17-13(12)11-6-4-3-5-7-11/h3-8,18H,9-10H2,1-2H3,(H,16,17). The van der Waals surface area contributed by atoms with Crippen LogP contribution in [0.15, 0.2) is 36.5 Å². The molecule has 1 unspecified atom stereocenters. The second-order valence-electron chi connectivity index (χ2n) is 5.83. The Balaban J connectivity index is 2.09. The first-order valence-electron chi connectivity index (χ1n) is 6.31. The highest BCUT2D eigenvalue weighted by Gasteiger charge is 2.62. The summed E-state index contributed by atoms with van der Waals surface area (Å²) in [5, 5.41) is 17.1. The van der Waals surface area contributed by atoms with Gasteiger partial charge in [0.1, 0.15) is 0 Å². The number of hydrogen-bond acceptors (Lipinski definition) is 2. The van der Waals surface area contributed by atoms with Crippen LogP contribution in [0.5, 0.6) is 0 Å². The second-order valence-corrected chi connectivity index (χ2v) is 5.83. The van der Waals surface area contributed by atoms with E-state index in [0.29, 0.717) is 0 Å². The van der Waals surface area contributed by atoms with E-state index in [0.717, 1.165) is 23.2 Å². The molecule has 94 valence electrons. The van der Waals surface area contributed by atoms with Gasteiger partial charge in [-0.1, -0.05) is 44.2 Å². The summed E-state index contributed by atoms with van der Waals surface area (Å²) in [5.74, 6) is 0. The first kappa shape index (κ1) is 11.5. The molecule has 1 atom stereocenters. The minimum absolute atomic E-state index is 0.134.